The third-order valence-electron chi connectivity index (χ3n) is 1.68. The summed E-state index contributed by atoms with van der Waals surface area (Å²) in [5.41, 5.74) is 6.56. The molecule has 0 fully saturated rings. The van der Waals surface area contributed by atoms with E-state index in [-0.39, 0.29) is 11.7 Å². The fourth-order valence-corrected chi connectivity index (χ4v) is 1.82. The normalized spacial score (nSPS) is 12.5. The van der Waals surface area contributed by atoms with Crippen molar-refractivity contribution >= 4 is 28.3 Å². The molecule has 1 unspecified atom stereocenters. The zero-order chi connectivity index (χ0) is 10.0. The van der Waals surface area contributed by atoms with Gasteiger partial charge in [-0.2, -0.15) is 0 Å². The Hall–Kier alpha value is -0.690. The maximum atomic E-state index is 10.4. The van der Waals surface area contributed by atoms with Crippen LogP contribution in [0.5, 0.6) is 0 Å². The minimum atomic E-state index is -0.415. The topological polar surface area (TPSA) is 69.2 Å². The molecule has 0 aliphatic heterocycles. The van der Waals surface area contributed by atoms with Gasteiger partial charge < -0.3 is 5.73 Å². The van der Waals surface area contributed by atoms with Crippen molar-refractivity contribution in [3.63, 3.8) is 0 Å². The Balaban J connectivity index is 3.19. The maximum Gasteiger partial charge on any atom is 0.269 e. The van der Waals surface area contributed by atoms with E-state index < -0.39 is 4.92 Å². The Labute approximate surface area is 89.4 Å². The predicted molar refractivity (Wildman–Crippen MR) is 58.4 cm³/mol. The fourth-order valence-electron chi connectivity index (χ4n) is 0.994. The lowest BCUT2D eigenvalue weighted by Gasteiger charge is -2.07. The number of nitrogens with zero attached hydrogens (tertiary/aromatic N) is 1. The van der Waals surface area contributed by atoms with Gasteiger partial charge in [0.25, 0.3) is 5.69 Å². The average Bonchev–Trinajstić information content (AvgIpc) is 2.04. The summed E-state index contributed by atoms with van der Waals surface area (Å²) in [7, 11) is 0. The van der Waals surface area contributed by atoms with E-state index in [1.807, 2.05) is 0 Å². The van der Waals surface area contributed by atoms with Gasteiger partial charge in [0.2, 0.25) is 0 Å². The average molecular weight is 292 g/mol. The molecule has 0 aliphatic rings. The molecule has 0 heterocycles. The van der Waals surface area contributed by atoms with Gasteiger partial charge in [-0.15, -0.1) is 0 Å². The summed E-state index contributed by atoms with van der Waals surface area (Å²) in [5.74, 6) is 0. The molecule has 1 atom stereocenters. The molecule has 4 nitrogen and oxygen atoms in total. The molecular formula is C8H9IN2O2. The zero-order valence-corrected chi connectivity index (χ0v) is 9.19. The molecule has 0 aromatic heterocycles. The molecule has 0 spiro atoms. The van der Waals surface area contributed by atoms with Crippen LogP contribution in [0, 0.1) is 13.7 Å². The number of non-ortho nitro benzene ring substituents is 1. The van der Waals surface area contributed by atoms with E-state index in [0.29, 0.717) is 0 Å². The zero-order valence-electron chi connectivity index (χ0n) is 7.03. The first kappa shape index (κ1) is 10.4. The van der Waals surface area contributed by atoms with Crippen LogP contribution in [0.2, 0.25) is 0 Å². The molecule has 1 aromatic rings. The molecule has 0 aliphatic carbocycles. The second-order valence-electron chi connectivity index (χ2n) is 2.75. The van der Waals surface area contributed by atoms with Gasteiger partial charge in [0, 0.05) is 21.7 Å². The molecule has 1 rings (SSSR count). The number of nitro benzene ring substituents is 1. The second-order valence-corrected chi connectivity index (χ2v) is 3.91. The lowest BCUT2D eigenvalue weighted by Crippen LogP contribution is -2.07. The van der Waals surface area contributed by atoms with Crippen molar-refractivity contribution in [3.05, 3.63) is 37.4 Å². The van der Waals surface area contributed by atoms with Gasteiger partial charge in [-0.3, -0.25) is 10.1 Å². The van der Waals surface area contributed by atoms with Crippen LogP contribution in [-0.4, -0.2) is 4.92 Å². The van der Waals surface area contributed by atoms with Gasteiger partial charge in [-0.05, 0) is 41.1 Å². The number of nitro groups is 1. The first-order valence-electron chi connectivity index (χ1n) is 3.72. The largest absolute Gasteiger partial charge is 0.324 e. The van der Waals surface area contributed by atoms with Gasteiger partial charge in [-0.25, -0.2) is 0 Å². The smallest absolute Gasteiger partial charge is 0.269 e. The van der Waals surface area contributed by atoms with Crippen molar-refractivity contribution in [3.8, 4) is 0 Å². The third kappa shape index (κ3) is 2.38. The SMILES string of the molecule is CC(N)c1cc([N+](=O)[O-])ccc1I. The number of benzene rings is 1. The molecule has 0 bridgehead atoms. The number of nitrogens with two attached hydrogens (primary N) is 1. The lowest BCUT2D eigenvalue weighted by atomic mass is 10.1. The monoisotopic (exact) mass is 292 g/mol. The summed E-state index contributed by atoms with van der Waals surface area (Å²) >= 11 is 2.11. The Morgan fingerprint density at radius 3 is 2.69 bits per heavy atom. The Kier molecular flexibility index (Phi) is 3.21. The third-order valence-corrected chi connectivity index (χ3v) is 2.66. The van der Waals surface area contributed by atoms with Crippen LogP contribution >= 0.6 is 22.6 Å². The molecular weight excluding hydrogens is 283 g/mol. The van der Waals surface area contributed by atoms with Crippen LogP contribution in [0.4, 0.5) is 5.69 Å². The minimum Gasteiger partial charge on any atom is -0.324 e. The van der Waals surface area contributed by atoms with E-state index in [2.05, 4.69) is 22.6 Å². The maximum absolute atomic E-state index is 10.4. The molecule has 13 heavy (non-hydrogen) atoms. The molecule has 1 aromatic carbocycles. The van der Waals surface area contributed by atoms with Crippen molar-refractivity contribution in [1.82, 2.24) is 0 Å². The number of halogens is 1. The molecule has 5 heteroatoms. The van der Waals surface area contributed by atoms with E-state index >= 15 is 0 Å². The van der Waals surface area contributed by atoms with E-state index in [0.717, 1.165) is 9.13 Å². The summed E-state index contributed by atoms with van der Waals surface area (Å²) < 4.78 is 0.957. The fraction of sp³-hybridized carbons (Fsp3) is 0.250. The molecule has 2 N–H and O–H groups in total. The summed E-state index contributed by atoms with van der Waals surface area (Å²) in [6.45, 7) is 1.81. The Bertz CT molecular complexity index is 339. The van der Waals surface area contributed by atoms with Gasteiger partial charge in [0.15, 0.2) is 0 Å². The minimum absolute atomic E-state index is 0.0905. The van der Waals surface area contributed by atoms with Crippen molar-refractivity contribution in [1.29, 1.82) is 0 Å². The standard InChI is InChI=1S/C8H9IN2O2/c1-5(10)7-4-6(11(12)13)2-3-8(7)9/h2-5H,10H2,1H3. The first-order valence-corrected chi connectivity index (χ1v) is 4.79. The number of hydrogen-bond acceptors (Lipinski definition) is 3. The Morgan fingerprint density at radius 1 is 1.62 bits per heavy atom. The van der Waals surface area contributed by atoms with Crippen LogP contribution < -0.4 is 5.73 Å². The molecule has 0 saturated heterocycles. The summed E-state index contributed by atoms with van der Waals surface area (Å²) in [5, 5.41) is 10.4. The summed E-state index contributed by atoms with van der Waals surface area (Å²) in [6.07, 6.45) is 0. The summed E-state index contributed by atoms with van der Waals surface area (Å²) in [6, 6.07) is 4.53. The molecule has 70 valence electrons. The van der Waals surface area contributed by atoms with Gasteiger partial charge in [0.1, 0.15) is 0 Å². The van der Waals surface area contributed by atoms with E-state index in [9.17, 15) is 10.1 Å². The van der Waals surface area contributed by atoms with Crippen molar-refractivity contribution in [2.45, 2.75) is 13.0 Å². The quantitative estimate of drug-likeness (QED) is 0.516. The predicted octanol–water partition coefficient (Wildman–Crippen LogP) is 2.22. The van der Waals surface area contributed by atoms with Crippen LogP contribution in [0.3, 0.4) is 0 Å². The van der Waals surface area contributed by atoms with Crippen LogP contribution in [0.1, 0.15) is 18.5 Å². The van der Waals surface area contributed by atoms with Crippen molar-refractivity contribution in [2.75, 3.05) is 0 Å². The van der Waals surface area contributed by atoms with Gasteiger partial charge in [0.05, 0.1) is 4.92 Å². The van der Waals surface area contributed by atoms with Crippen LogP contribution in [0.25, 0.3) is 0 Å². The highest BCUT2D eigenvalue weighted by atomic mass is 127. The van der Waals surface area contributed by atoms with Gasteiger partial charge >= 0.3 is 0 Å². The number of hydrogen-bond donors (Lipinski definition) is 1. The lowest BCUT2D eigenvalue weighted by molar-refractivity contribution is -0.384. The first-order chi connectivity index (χ1) is 6.02. The van der Waals surface area contributed by atoms with E-state index in [4.69, 9.17) is 5.73 Å². The molecule has 0 radical (unpaired) electrons. The van der Waals surface area contributed by atoms with Crippen LogP contribution in [-0.2, 0) is 0 Å². The highest BCUT2D eigenvalue weighted by Gasteiger charge is 2.11. The highest BCUT2D eigenvalue weighted by Crippen LogP contribution is 2.23. The molecule has 0 amide bonds. The van der Waals surface area contributed by atoms with Crippen LogP contribution in [0.15, 0.2) is 18.2 Å². The van der Waals surface area contributed by atoms with Crippen molar-refractivity contribution < 1.29 is 4.92 Å². The van der Waals surface area contributed by atoms with Crippen molar-refractivity contribution in [2.24, 2.45) is 5.73 Å². The highest BCUT2D eigenvalue weighted by molar-refractivity contribution is 14.1. The van der Waals surface area contributed by atoms with Gasteiger partial charge in [-0.1, -0.05) is 0 Å². The van der Waals surface area contributed by atoms with E-state index in [1.54, 1.807) is 13.0 Å². The summed E-state index contributed by atoms with van der Waals surface area (Å²) in [4.78, 5) is 10.0. The second kappa shape index (κ2) is 4.01. The van der Waals surface area contributed by atoms with E-state index in [1.165, 1.54) is 12.1 Å². The number of rotatable bonds is 2. The Morgan fingerprint density at radius 2 is 2.23 bits per heavy atom. The molecule has 0 saturated carbocycles.